The van der Waals surface area contributed by atoms with Crippen LogP contribution in [0.1, 0.15) is 28.4 Å². The van der Waals surface area contributed by atoms with Crippen LogP contribution in [0.3, 0.4) is 0 Å². The first-order valence-electron chi connectivity index (χ1n) is 8.99. The number of rotatable bonds is 6. The summed E-state index contributed by atoms with van der Waals surface area (Å²) in [4.78, 5) is 35.0. The van der Waals surface area contributed by atoms with Crippen molar-refractivity contribution in [3.05, 3.63) is 65.2 Å². The van der Waals surface area contributed by atoms with E-state index < -0.39 is 24.0 Å². The number of hydrogen-bond donors (Lipinski definition) is 6. The van der Waals surface area contributed by atoms with Gasteiger partial charge in [0.05, 0.1) is 12.6 Å². The molecule has 0 aromatic heterocycles. The Morgan fingerprint density at radius 1 is 1.00 bits per heavy atom. The third kappa shape index (κ3) is 6.42. The van der Waals surface area contributed by atoms with Gasteiger partial charge in [-0.15, -0.1) is 0 Å². The minimum Gasteiger partial charge on any atom is -0.391 e. The highest BCUT2D eigenvalue weighted by Gasteiger charge is 2.25. The lowest BCUT2D eigenvalue weighted by Gasteiger charge is -2.19. The molecule has 30 heavy (non-hydrogen) atoms. The van der Waals surface area contributed by atoms with Crippen molar-refractivity contribution >= 4 is 23.4 Å². The third-order valence-corrected chi connectivity index (χ3v) is 4.01. The number of carbonyl (C=O) groups is 3. The quantitative estimate of drug-likeness (QED) is 0.223. The van der Waals surface area contributed by atoms with E-state index in [2.05, 4.69) is 22.5 Å². The molecule has 0 fully saturated rings. The highest BCUT2D eigenvalue weighted by molar-refractivity contribution is 5.97. The number of hydrogen-bond acceptors (Lipinski definition) is 6. The standard InChI is InChI=1S/C21H22N4O5/c1-13(26)19(21(29)25-30)24-20(28)16-8-4-14(5-9-16)2-3-15-6-10-17(11-7-15)23-18(27)12-22/h4-11,13,19,26,30H,12,22H2,1H3,(H,23,27)(H,24,28)(H,25,29)/t13-,19+/m1/s1. The molecule has 0 aliphatic rings. The predicted octanol–water partition coefficient (Wildman–Crippen LogP) is -0.0318. The second-order valence-corrected chi connectivity index (χ2v) is 6.32. The molecule has 0 bridgehead atoms. The van der Waals surface area contributed by atoms with Crippen LogP contribution >= 0.6 is 0 Å². The monoisotopic (exact) mass is 410 g/mol. The summed E-state index contributed by atoms with van der Waals surface area (Å²) >= 11 is 0. The predicted molar refractivity (Wildman–Crippen MR) is 109 cm³/mol. The molecule has 2 aromatic carbocycles. The Labute approximate surface area is 173 Å². The summed E-state index contributed by atoms with van der Waals surface area (Å²) in [5.74, 6) is 4.14. The molecule has 0 heterocycles. The van der Waals surface area contributed by atoms with Gasteiger partial charge in [0.1, 0.15) is 6.04 Å². The number of benzene rings is 2. The van der Waals surface area contributed by atoms with Crippen molar-refractivity contribution in [3.63, 3.8) is 0 Å². The average molecular weight is 410 g/mol. The fraction of sp³-hybridized carbons (Fsp3) is 0.190. The van der Waals surface area contributed by atoms with Crippen molar-refractivity contribution in [1.29, 1.82) is 0 Å². The maximum Gasteiger partial charge on any atom is 0.268 e. The molecule has 0 aliphatic carbocycles. The molecule has 156 valence electrons. The first-order chi connectivity index (χ1) is 14.3. The minimum atomic E-state index is -1.29. The molecule has 3 amide bonds. The third-order valence-electron chi connectivity index (χ3n) is 4.01. The van der Waals surface area contributed by atoms with Crippen LogP contribution in [0.4, 0.5) is 5.69 Å². The van der Waals surface area contributed by atoms with E-state index in [-0.39, 0.29) is 18.0 Å². The summed E-state index contributed by atoms with van der Waals surface area (Å²) in [6.07, 6.45) is -1.19. The zero-order valence-corrected chi connectivity index (χ0v) is 16.2. The van der Waals surface area contributed by atoms with Gasteiger partial charge in [-0.05, 0) is 55.5 Å². The van der Waals surface area contributed by atoms with E-state index in [9.17, 15) is 19.5 Å². The van der Waals surface area contributed by atoms with Gasteiger partial charge in [0.15, 0.2) is 0 Å². The van der Waals surface area contributed by atoms with Gasteiger partial charge in [0.25, 0.3) is 11.8 Å². The zero-order valence-electron chi connectivity index (χ0n) is 16.2. The maximum absolute atomic E-state index is 12.2. The summed E-state index contributed by atoms with van der Waals surface area (Å²) in [6, 6.07) is 12.0. The Hall–Kier alpha value is -3.71. The van der Waals surface area contributed by atoms with E-state index in [1.165, 1.54) is 24.5 Å². The van der Waals surface area contributed by atoms with Crippen LogP contribution in [-0.4, -0.2) is 46.7 Å². The van der Waals surface area contributed by atoms with Crippen molar-refractivity contribution in [3.8, 4) is 11.8 Å². The van der Waals surface area contributed by atoms with E-state index in [1.807, 2.05) is 0 Å². The minimum absolute atomic E-state index is 0.0934. The fourth-order valence-electron chi connectivity index (χ4n) is 2.40. The lowest BCUT2D eigenvalue weighted by molar-refractivity contribution is -0.133. The zero-order chi connectivity index (χ0) is 22.1. The summed E-state index contributed by atoms with van der Waals surface area (Å²) in [6.45, 7) is 1.22. The molecule has 0 spiro atoms. The van der Waals surface area contributed by atoms with Crippen LogP contribution in [0.25, 0.3) is 0 Å². The van der Waals surface area contributed by atoms with Crippen LogP contribution in [0.5, 0.6) is 0 Å². The van der Waals surface area contributed by atoms with Crippen molar-refractivity contribution in [1.82, 2.24) is 10.8 Å². The molecule has 0 saturated carbocycles. The largest absolute Gasteiger partial charge is 0.391 e. The molecule has 0 aliphatic heterocycles. The van der Waals surface area contributed by atoms with Gasteiger partial charge in [0.2, 0.25) is 5.91 Å². The van der Waals surface area contributed by atoms with E-state index >= 15 is 0 Å². The van der Waals surface area contributed by atoms with Gasteiger partial charge in [0, 0.05) is 22.4 Å². The van der Waals surface area contributed by atoms with Crippen molar-refractivity contribution in [2.45, 2.75) is 19.1 Å². The van der Waals surface area contributed by atoms with Crippen molar-refractivity contribution in [2.24, 2.45) is 5.73 Å². The molecular weight excluding hydrogens is 388 g/mol. The lowest BCUT2D eigenvalue weighted by atomic mass is 10.1. The molecule has 2 aromatic rings. The number of aliphatic hydroxyl groups excluding tert-OH is 1. The maximum atomic E-state index is 12.2. The number of amides is 3. The van der Waals surface area contributed by atoms with Gasteiger partial charge >= 0.3 is 0 Å². The Bertz CT molecular complexity index is 960. The molecular formula is C21H22N4O5. The Morgan fingerprint density at radius 3 is 2.00 bits per heavy atom. The smallest absolute Gasteiger partial charge is 0.268 e. The summed E-state index contributed by atoms with van der Waals surface area (Å²) in [5, 5.41) is 23.2. The number of carbonyl (C=O) groups excluding carboxylic acids is 3. The number of nitrogens with one attached hydrogen (secondary N) is 3. The van der Waals surface area contributed by atoms with Crippen LogP contribution in [0.2, 0.25) is 0 Å². The van der Waals surface area contributed by atoms with E-state index in [0.29, 0.717) is 11.3 Å². The number of anilines is 1. The summed E-state index contributed by atoms with van der Waals surface area (Å²) in [5.41, 5.74) is 8.93. The molecule has 0 unspecified atom stereocenters. The van der Waals surface area contributed by atoms with Crippen LogP contribution in [0, 0.1) is 11.8 Å². The molecule has 7 N–H and O–H groups in total. The number of nitrogens with two attached hydrogens (primary N) is 1. The van der Waals surface area contributed by atoms with Gasteiger partial charge in [-0.1, -0.05) is 11.8 Å². The van der Waals surface area contributed by atoms with Crippen molar-refractivity contribution in [2.75, 3.05) is 11.9 Å². The summed E-state index contributed by atoms with van der Waals surface area (Å²) < 4.78 is 0. The highest BCUT2D eigenvalue weighted by atomic mass is 16.5. The van der Waals surface area contributed by atoms with Gasteiger partial charge in [-0.2, -0.15) is 0 Å². The van der Waals surface area contributed by atoms with Gasteiger partial charge in [-0.3, -0.25) is 19.6 Å². The Kier molecular flexibility index (Phi) is 8.08. The molecule has 9 heteroatoms. The molecule has 0 saturated heterocycles. The molecule has 2 atom stereocenters. The molecule has 2 rings (SSSR count). The van der Waals surface area contributed by atoms with E-state index in [1.54, 1.807) is 36.4 Å². The normalized spacial score (nSPS) is 12.0. The second kappa shape index (κ2) is 10.7. The Balaban J connectivity index is 2.03. The van der Waals surface area contributed by atoms with Crippen LogP contribution in [0.15, 0.2) is 48.5 Å². The Morgan fingerprint density at radius 2 is 1.53 bits per heavy atom. The SMILES string of the molecule is C[C@@H](O)[C@H](NC(=O)c1ccc(C#Cc2ccc(NC(=O)CN)cc2)cc1)C(=O)NO. The second-order valence-electron chi connectivity index (χ2n) is 6.32. The topological polar surface area (TPSA) is 154 Å². The number of aliphatic hydroxyl groups is 1. The van der Waals surface area contributed by atoms with Gasteiger partial charge in [-0.25, -0.2) is 5.48 Å². The van der Waals surface area contributed by atoms with Crippen LogP contribution < -0.4 is 21.8 Å². The lowest BCUT2D eigenvalue weighted by Crippen LogP contribution is -2.51. The van der Waals surface area contributed by atoms with Crippen molar-refractivity contribution < 1.29 is 24.7 Å². The van der Waals surface area contributed by atoms with E-state index in [0.717, 1.165) is 5.56 Å². The van der Waals surface area contributed by atoms with Gasteiger partial charge < -0.3 is 21.5 Å². The first kappa shape index (κ1) is 22.6. The fourth-order valence-corrected chi connectivity index (χ4v) is 2.40. The molecule has 0 radical (unpaired) electrons. The first-order valence-corrected chi connectivity index (χ1v) is 8.99. The summed E-state index contributed by atoms with van der Waals surface area (Å²) in [7, 11) is 0. The van der Waals surface area contributed by atoms with Crippen LogP contribution in [-0.2, 0) is 9.59 Å². The average Bonchev–Trinajstić information content (AvgIpc) is 2.76. The van der Waals surface area contributed by atoms with E-state index in [4.69, 9.17) is 10.9 Å². The number of hydroxylamine groups is 1. The molecule has 9 nitrogen and oxygen atoms in total. The highest BCUT2D eigenvalue weighted by Crippen LogP contribution is 2.09.